The van der Waals surface area contributed by atoms with Crippen molar-refractivity contribution in [2.75, 3.05) is 31.7 Å². The predicted molar refractivity (Wildman–Crippen MR) is 138 cm³/mol. The maximum absolute atomic E-state index is 13.6. The van der Waals surface area contributed by atoms with Gasteiger partial charge in [-0.3, -0.25) is 4.98 Å². The van der Waals surface area contributed by atoms with E-state index in [4.69, 9.17) is 19.9 Å². The molecule has 1 aliphatic rings. The highest BCUT2D eigenvalue weighted by Gasteiger charge is 2.36. The normalized spacial score (nSPS) is 15.1. The molecule has 0 radical (unpaired) electrons. The number of amides is 1. The number of benzene rings is 1. The molecule has 0 aliphatic carbocycles. The minimum Gasteiger partial charge on any atom is -0.497 e. The third kappa shape index (κ3) is 7.43. The van der Waals surface area contributed by atoms with Gasteiger partial charge in [0.05, 0.1) is 24.8 Å². The molecule has 0 unspecified atom stereocenters. The van der Waals surface area contributed by atoms with E-state index in [-0.39, 0.29) is 29.4 Å². The second-order valence-electron chi connectivity index (χ2n) is 9.33. The lowest BCUT2D eigenvalue weighted by Gasteiger charge is -2.38. The quantitative estimate of drug-likeness (QED) is 0.369. The molecule has 2 N–H and O–H groups in total. The Hall–Kier alpha value is -3.74. The van der Waals surface area contributed by atoms with Crippen LogP contribution in [-0.2, 0) is 17.5 Å². The first-order chi connectivity index (χ1) is 18.6. The largest absolute Gasteiger partial charge is 0.497 e. The summed E-state index contributed by atoms with van der Waals surface area (Å²) in [5.74, 6) is 1.24. The van der Waals surface area contributed by atoms with Gasteiger partial charge in [-0.25, -0.2) is 9.78 Å². The molecule has 9 nitrogen and oxygen atoms in total. The Morgan fingerprint density at radius 1 is 1.13 bits per heavy atom. The van der Waals surface area contributed by atoms with E-state index in [2.05, 4.69) is 15.0 Å². The van der Waals surface area contributed by atoms with Crippen LogP contribution in [0.5, 0.6) is 11.6 Å². The summed E-state index contributed by atoms with van der Waals surface area (Å²) < 4.78 is 56.9. The Bertz CT molecular complexity index is 1290. The van der Waals surface area contributed by atoms with Gasteiger partial charge in [0, 0.05) is 29.6 Å². The van der Waals surface area contributed by atoms with Crippen LogP contribution >= 0.6 is 11.8 Å². The van der Waals surface area contributed by atoms with Crippen molar-refractivity contribution < 1.29 is 32.2 Å². The predicted octanol–water partition coefficient (Wildman–Crippen LogP) is 5.33. The number of hydrogen-bond donors (Lipinski definition) is 1. The molecule has 0 saturated carbocycles. The number of rotatable bonds is 9. The van der Waals surface area contributed by atoms with Gasteiger partial charge in [-0.2, -0.15) is 18.2 Å². The average molecular weight is 564 g/mol. The molecule has 13 heteroatoms. The number of methoxy groups -OCH3 is 1. The minimum atomic E-state index is -4.62. The van der Waals surface area contributed by atoms with Gasteiger partial charge in [0.2, 0.25) is 11.8 Å². The van der Waals surface area contributed by atoms with Gasteiger partial charge < -0.3 is 24.8 Å². The molecule has 3 heterocycles. The van der Waals surface area contributed by atoms with E-state index in [1.165, 1.54) is 18.3 Å². The van der Waals surface area contributed by atoms with Gasteiger partial charge in [0.1, 0.15) is 12.4 Å². The summed E-state index contributed by atoms with van der Waals surface area (Å²) in [5.41, 5.74) is 4.71. The molecule has 0 atom stereocenters. The first kappa shape index (κ1) is 28.3. The maximum atomic E-state index is 13.6. The van der Waals surface area contributed by atoms with E-state index in [1.807, 2.05) is 24.0 Å². The van der Waals surface area contributed by atoms with Crippen molar-refractivity contribution in [3.05, 3.63) is 60.0 Å². The summed E-state index contributed by atoms with van der Waals surface area (Å²) in [4.78, 5) is 25.8. The average Bonchev–Trinajstić information content (AvgIpc) is 2.92. The van der Waals surface area contributed by atoms with Crippen molar-refractivity contribution in [1.82, 2.24) is 15.0 Å². The van der Waals surface area contributed by atoms with Crippen LogP contribution in [0.2, 0.25) is 0 Å². The fourth-order valence-corrected chi connectivity index (χ4v) is 4.93. The van der Waals surface area contributed by atoms with Crippen molar-refractivity contribution in [3.8, 4) is 11.6 Å². The molecule has 1 fully saturated rings. The summed E-state index contributed by atoms with van der Waals surface area (Å²) in [6, 6.07) is 10.0. The van der Waals surface area contributed by atoms with Gasteiger partial charge in [-0.1, -0.05) is 30.8 Å². The summed E-state index contributed by atoms with van der Waals surface area (Å²) >= 11 is 0.842. The second-order valence-corrected chi connectivity index (χ2v) is 10.4. The van der Waals surface area contributed by atoms with Crippen molar-refractivity contribution in [3.63, 3.8) is 0 Å². The highest BCUT2D eigenvalue weighted by atomic mass is 32.2. The first-order valence-electron chi connectivity index (χ1n) is 12.1. The Labute approximate surface area is 227 Å². The zero-order valence-corrected chi connectivity index (χ0v) is 22.2. The number of alkyl halides is 3. The number of anilines is 1. The topological polar surface area (TPSA) is 113 Å². The second kappa shape index (κ2) is 12.0. The first-order valence-corrected chi connectivity index (χ1v) is 12.9. The lowest BCUT2D eigenvalue weighted by Crippen LogP contribution is -2.42. The highest BCUT2D eigenvalue weighted by molar-refractivity contribution is 7.99. The van der Waals surface area contributed by atoms with Gasteiger partial charge in [-0.05, 0) is 42.7 Å². The number of nitrogens with zero attached hydrogens (tertiary/aromatic N) is 4. The Morgan fingerprint density at radius 3 is 2.49 bits per heavy atom. The fraction of sp³-hybridized carbons (Fsp3) is 0.385. The van der Waals surface area contributed by atoms with Gasteiger partial charge >= 0.3 is 12.3 Å². The molecular weight excluding hydrogens is 535 g/mol. The van der Waals surface area contributed by atoms with Crippen LogP contribution in [-0.4, -0.2) is 47.9 Å². The number of aromatic nitrogens is 3. The lowest BCUT2D eigenvalue weighted by molar-refractivity contribution is -0.143. The monoisotopic (exact) mass is 563 g/mol. The van der Waals surface area contributed by atoms with Crippen LogP contribution in [0.3, 0.4) is 0 Å². The zero-order valence-electron chi connectivity index (χ0n) is 21.4. The van der Waals surface area contributed by atoms with Crippen LogP contribution in [0.25, 0.3) is 0 Å². The highest BCUT2D eigenvalue weighted by Crippen LogP contribution is 2.41. The van der Waals surface area contributed by atoms with Crippen molar-refractivity contribution in [2.24, 2.45) is 11.1 Å². The van der Waals surface area contributed by atoms with E-state index in [0.29, 0.717) is 42.5 Å². The molecule has 1 aliphatic heterocycles. The number of nitrogens with two attached hydrogens (primary N) is 1. The summed E-state index contributed by atoms with van der Waals surface area (Å²) in [7, 11) is 1.57. The van der Waals surface area contributed by atoms with E-state index in [0.717, 1.165) is 23.5 Å². The Morgan fingerprint density at radius 2 is 1.85 bits per heavy atom. The van der Waals surface area contributed by atoms with E-state index in [1.54, 1.807) is 19.2 Å². The Kier molecular flexibility index (Phi) is 8.68. The number of hydrogen-bond acceptors (Lipinski definition) is 9. The Balaban J connectivity index is 1.57. The fourth-order valence-electron chi connectivity index (χ4n) is 3.99. The molecule has 1 amide bonds. The molecular formula is C26H28F3N5O4S. The van der Waals surface area contributed by atoms with Crippen molar-refractivity contribution in [2.45, 2.75) is 42.3 Å². The lowest BCUT2D eigenvalue weighted by atomic mass is 9.81. The van der Waals surface area contributed by atoms with Gasteiger partial charge in [0.25, 0.3) is 0 Å². The molecule has 208 valence electrons. The van der Waals surface area contributed by atoms with E-state index in [9.17, 15) is 18.0 Å². The van der Waals surface area contributed by atoms with E-state index < -0.39 is 18.0 Å². The van der Waals surface area contributed by atoms with Gasteiger partial charge in [-0.15, -0.1) is 0 Å². The molecule has 3 aromatic rings. The summed E-state index contributed by atoms with van der Waals surface area (Å²) in [6.45, 7) is 3.54. The maximum Gasteiger partial charge on any atom is 0.434 e. The molecule has 1 saturated heterocycles. The van der Waals surface area contributed by atoms with Crippen LogP contribution in [0, 0.1) is 5.41 Å². The van der Waals surface area contributed by atoms with Crippen LogP contribution < -0.4 is 20.1 Å². The molecule has 1 aromatic carbocycles. The van der Waals surface area contributed by atoms with Crippen molar-refractivity contribution in [1.29, 1.82) is 0 Å². The van der Waals surface area contributed by atoms with Crippen LogP contribution in [0.1, 0.15) is 31.0 Å². The molecule has 2 aromatic heterocycles. The third-order valence-electron chi connectivity index (χ3n) is 6.32. The number of ether oxygens (including phenoxy) is 3. The molecule has 39 heavy (non-hydrogen) atoms. The van der Waals surface area contributed by atoms with Crippen LogP contribution in [0.15, 0.2) is 58.6 Å². The van der Waals surface area contributed by atoms with Crippen LogP contribution in [0.4, 0.5) is 23.9 Å². The summed E-state index contributed by atoms with van der Waals surface area (Å²) in [6.07, 6.45) is -1.46. The van der Waals surface area contributed by atoms with Gasteiger partial charge in [0.15, 0.2) is 5.69 Å². The number of piperidine rings is 1. The molecule has 4 rings (SSSR count). The van der Waals surface area contributed by atoms with E-state index >= 15 is 0 Å². The number of halogens is 3. The SMILES string of the molecule is COc1ccc(COc2nc(N3CCC(C)(COC(N)=O)CC3)ncc2Sc2cccnc2C(F)(F)F)cc1. The molecule has 0 spiro atoms. The number of carbonyl (C=O) groups is 1. The zero-order chi connectivity index (χ0) is 28.0. The summed E-state index contributed by atoms with van der Waals surface area (Å²) in [5, 5.41) is 0. The minimum absolute atomic E-state index is 0.0844. The number of pyridine rings is 1. The van der Waals surface area contributed by atoms with Crippen molar-refractivity contribution >= 4 is 23.8 Å². The standard InChI is InChI=1S/C26H28F3N5O4S/c1-25(16-38-23(30)35)9-12-34(13-10-25)24-32-14-20(39-19-4-3-11-31-21(19)26(27,28)29)22(33-24)37-15-17-5-7-18(36-2)8-6-17/h3-8,11,14H,9-10,12-13,15-16H2,1-2H3,(H2,30,35). The number of primary amides is 1. The molecule has 0 bridgehead atoms. The smallest absolute Gasteiger partial charge is 0.434 e. The number of carbonyl (C=O) groups excluding carboxylic acids is 1. The third-order valence-corrected chi connectivity index (χ3v) is 7.37.